The van der Waals surface area contributed by atoms with Crippen molar-refractivity contribution < 1.29 is 18.5 Å². The first-order chi connectivity index (χ1) is 9.43. The Morgan fingerprint density at radius 1 is 1.40 bits per heavy atom. The molecule has 0 radical (unpaired) electrons. The van der Waals surface area contributed by atoms with Gasteiger partial charge in [-0.3, -0.25) is 13.8 Å². The minimum absolute atomic E-state index is 0.107. The quantitative estimate of drug-likeness (QED) is 0.785. The van der Waals surface area contributed by atoms with E-state index in [0.717, 1.165) is 4.47 Å². The lowest BCUT2D eigenvalue weighted by molar-refractivity contribution is -0.144. The van der Waals surface area contributed by atoms with Crippen LogP contribution in [0.4, 0.5) is 5.69 Å². The van der Waals surface area contributed by atoms with Crippen molar-refractivity contribution in [2.75, 3.05) is 23.9 Å². The lowest BCUT2D eigenvalue weighted by Crippen LogP contribution is -2.25. The summed E-state index contributed by atoms with van der Waals surface area (Å²) in [4.78, 5) is 23.0. The van der Waals surface area contributed by atoms with Crippen molar-refractivity contribution in [1.82, 2.24) is 0 Å². The molecule has 0 aliphatic carbocycles. The van der Waals surface area contributed by atoms with E-state index >= 15 is 0 Å². The standard InChI is InChI=1S/C13H16BrNO4S/c1-9(13(17)19-2)7-20(18)8-12(16)15-11-6-4-3-5-10(11)14/h3-6,9H,7-8H2,1-2H3,(H,15,16). The van der Waals surface area contributed by atoms with Crippen LogP contribution in [0, 0.1) is 5.92 Å². The molecule has 110 valence electrons. The Hall–Kier alpha value is -1.21. The number of hydrogen-bond acceptors (Lipinski definition) is 4. The maximum atomic E-state index is 11.8. The molecule has 0 aliphatic rings. The van der Waals surface area contributed by atoms with E-state index in [1.165, 1.54) is 7.11 Å². The van der Waals surface area contributed by atoms with Crippen molar-refractivity contribution in [2.24, 2.45) is 5.92 Å². The van der Waals surface area contributed by atoms with Gasteiger partial charge in [0.1, 0.15) is 5.75 Å². The Morgan fingerprint density at radius 3 is 2.65 bits per heavy atom. The molecular formula is C13H16BrNO4S. The molecule has 2 unspecified atom stereocenters. The lowest BCUT2D eigenvalue weighted by atomic mass is 10.2. The number of amides is 1. The number of benzene rings is 1. The van der Waals surface area contributed by atoms with Crippen molar-refractivity contribution in [2.45, 2.75) is 6.92 Å². The number of methoxy groups -OCH3 is 1. The van der Waals surface area contributed by atoms with E-state index < -0.39 is 22.7 Å². The Kier molecular flexibility index (Phi) is 6.87. The van der Waals surface area contributed by atoms with Gasteiger partial charge in [-0.25, -0.2) is 0 Å². The molecule has 1 amide bonds. The molecule has 0 saturated carbocycles. The number of ether oxygens (including phenoxy) is 1. The van der Waals surface area contributed by atoms with Gasteiger partial charge in [0.2, 0.25) is 5.91 Å². The van der Waals surface area contributed by atoms with Gasteiger partial charge in [0.25, 0.3) is 0 Å². The average molecular weight is 362 g/mol. The summed E-state index contributed by atoms with van der Waals surface area (Å²) in [5.74, 6) is -1.31. The molecule has 1 N–H and O–H groups in total. The van der Waals surface area contributed by atoms with E-state index in [2.05, 4.69) is 26.0 Å². The van der Waals surface area contributed by atoms with Gasteiger partial charge in [-0.15, -0.1) is 0 Å². The molecule has 0 fully saturated rings. The molecule has 0 heterocycles. The van der Waals surface area contributed by atoms with Gasteiger partial charge in [-0.05, 0) is 28.1 Å². The first kappa shape index (κ1) is 16.8. The number of rotatable bonds is 6. The summed E-state index contributed by atoms with van der Waals surface area (Å²) in [6.45, 7) is 1.62. The van der Waals surface area contributed by atoms with E-state index in [4.69, 9.17) is 0 Å². The SMILES string of the molecule is COC(=O)C(C)CS(=O)CC(=O)Nc1ccccc1Br. The molecule has 0 bridgehead atoms. The number of halogens is 1. The summed E-state index contributed by atoms with van der Waals surface area (Å²) in [5, 5.41) is 2.66. The van der Waals surface area contributed by atoms with Crippen molar-refractivity contribution in [3.63, 3.8) is 0 Å². The highest BCUT2D eigenvalue weighted by Crippen LogP contribution is 2.21. The molecule has 2 atom stereocenters. The maximum absolute atomic E-state index is 11.8. The fourth-order valence-corrected chi connectivity index (χ4v) is 3.06. The van der Waals surface area contributed by atoms with Gasteiger partial charge in [0, 0.05) is 21.0 Å². The number of nitrogens with one attached hydrogen (secondary N) is 1. The van der Waals surface area contributed by atoms with E-state index in [1.807, 2.05) is 6.07 Å². The highest BCUT2D eigenvalue weighted by atomic mass is 79.9. The summed E-state index contributed by atoms with van der Waals surface area (Å²) >= 11 is 3.31. The first-order valence-electron chi connectivity index (χ1n) is 5.91. The van der Waals surface area contributed by atoms with Crippen LogP contribution in [-0.2, 0) is 25.1 Å². The van der Waals surface area contributed by atoms with Crippen LogP contribution in [0.25, 0.3) is 0 Å². The molecular weight excluding hydrogens is 346 g/mol. The molecule has 7 heteroatoms. The van der Waals surface area contributed by atoms with Crippen molar-refractivity contribution >= 4 is 44.3 Å². The summed E-state index contributed by atoms with van der Waals surface area (Å²) < 4.78 is 17.1. The fraction of sp³-hybridized carbons (Fsp3) is 0.385. The second kappa shape index (κ2) is 8.16. The molecule has 1 aromatic carbocycles. The van der Waals surface area contributed by atoms with Crippen LogP contribution in [0.1, 0.15) is 6.92 Å². The Bertz CT molecular complexity index is 521. The lowest BCUT2D eigenvalue weighted by Gasteiger charge is -2.09. The smallest absolute Gasteiger partial charge is 0.309 e. The summed E-state index contributed by atoms with van der Waals surface area (Å²) in [6.07, 6.45) is 0. The zero-order valence-electron chi connectivity index (χ0n) is 11.2. The van der Waals surface area contributed by atoms with Crippen molar-refractivity contribution in [3.8, 4) is 0 Å². The molecule has 0 aliphatic heterocycles. The van der Waals surface area contributed by atoms with Gasteiger partial charge in [-0.1, -0.05) is 19.1 Å². The molecule has 0 spiro atoms. The molecule has 20 heavy (non-hydrogen) atoms. The number of hydrogen-bond donors (Lipinski definition) is 1. The summed E-state index contributed by atoms with van der Waals surface area (Å²) in [7, 11) is -0.132. The Balaban J connectivity index is 2.49. The first-order valence-corrected chi connectivity index (χ1v) is 8.19. The van der Waals surface area contributed by atoms with Gasteiger partial charge in [0.15, 0.2) is 0 Å². The van der Waals surface area contributed by atoms with Crippen LogP contribution in [0.5, 0.6) is 0 Å². The molecule has 1 rings (SSSR count). The van der Waals surface area contributed by atoms with Gasteiger partial charge in [0.05, 0.1) is 18.7 Å². The van der Waals surface area contributed by atoms with E-state index in [-0.39, 0.29) is 17.4 Å². The third kappa shape index (κ3) is 5.42. The minimum Gasteiger partial charge on any atom is -0.469 e. The second-order valence-corrected chi connectivity index (χ2v) is 6.56. The zero-order valence-corrected chi connectivity index (χ0v) is 13.6. The second-order valence-electron chi connectivity index (χ2n) is 4.20. The molecule has 0 aromatic heterocycles. The van der Waals surface area contributed by atoms with Crippen LogP contribution in [0.3, 0.4) is 0 Å². The number of anilines is 1. The van der Waals surface area contributed by atoms with Gasteiger partial charge >= 0.3 is 5.97 Å². The van der Waals surface area contributed by atoms with Crippen LogP contribution in [-0.4, -0.2) is 34.7 Å². The van der Waals surface area contributed by atoms with Crippen LogP contribution < -0.4 is 5.32 Å². The highest BCUT2D eigenvalue weighted by Gasteiger charge is 2.18. The van der Waals surface area contributed by atoms with Gasteiger partial charge < -0.3 is 10.1 Å². The summed E-state index contributed by atoms with van der Waals surface area (Å²) in [5.41, 5.74) is 0.621. The van der Waals surface area contributed by atoms with E-state index in [9.17, 15) is 13.8 Å². The predicted molar refractivity (Wildman–Crippen MR) is 81.8 cm³/mol. The van der Waals surface area contributed by atoms with E-state index in [1.54, 1.807) is 25.1 Å². The summed E-state index contributed by atoms with van der Waals surface area (Å²) in [6, 6.07) is 7.15. The molecule has 0 saturated heterocycles. The van der Waals surface area contributed by atoms with Crippen LogP contribution >= 0.6 is 15.9 Å². The number of carbonyl (C=O) groups is 2. The molecule has 1 aromatic rings. The third-order valence-electron chi connectivity index (χ3n) is 2.48. The topological polar surface area (TPSA) is 72.5 Å². The largest absolute Gasteiger partial charge is 0.469 e. The average Bonchev–Trinajstić information content (AvgIpc) is 2.40. The number of esters is 1. The highest BCUT2D eigenvalue weighted by molar-refractivity contribution is 9.10. The third-order valence-corrected chi connectivity index (χ3v) is 4.63. The zero-order chi connectivity index (χ0) is 15.1. The number of carbonyl (C=O) groups excluding carboxylic acids is 2. The van der Waals surface area contributed by atoms with E-state index in [0.29, 0.717) is 5.69 Å². The van der Waals surface area contributed by atoms with Gasteiger partial charge in [-0.2, -0.15) is 0 Å². The van der Waals surface area contributed by atoms with Crippen LogP contribution in [0.2, 0.25) is 0 Å². The monoisotopic (exact) mass is 361 g/mol. The Morgan fingerprint density at radius 2 is 2.05 bits per heavy atom. The minimum atomic E-state index is -1.41. The fourth-order valence-electron chi connectivity index (χ4n) is 1.50. The Labute approximate surface area is 128 Å². The van der Waals surface area contributed by atoms with Crippen molar-refractivity contribution in [3.05, 3.63) is 28.7 Å². The number of para-hydroxylation sites is 1. The molecule has 5 nitrogen and oxygen atoms in total. The van der Waals surface area contributed by atoms with Crippen molar-refractivity contribution in [1.29, 1.82) is 0 Å². The van der Waals surface area contributed by atoms with Crippen LogP contribution in [0.15, 0.2) is 28.7 Å². The normalized spacial score (nSPS) is 13.3. The maximum Gasteiger partial charge on any atom is 0.309 e. The predicted octanol–water partition coefficient (Wildman–Crippen LogP) is 1.95.